The number of nitrogens with one attached hydrogen (secondary N) is 1. The normalized spacial score (nSPS) is 39.1. The number of hydrogen-bond acceptors (Lipinski definition) is 6. The molecule has 0 aromatic carbocycles. The Bertz CT molecular complexity index is 651. The van der Waals surface area contributed by atoms with E-state index in [9.17, 15) is 5.11 Å². The summed E-state index contributed by atoms with van der Waals surface area (Å²) in [5.41, 5.74) is 1.58. The van der Waals surface area contributed by atoms with Gasteiger partial charge >= 0.3 is 0 Å². The number of aliphatic hydroxyl groups is 1. The molecule has 0 aromatic heterocycles. The standard InChI is InChI=1S/C23H36N2O3S/c1-15(26)14-16-2-7-20-21(16)22-19(8-9-24-23(22)29-20)28-18-5-3-17(4-6-18)25-10-12-27-13-11-25/h8,15-18,22-24,26H,2-7,9-14H2,1H3/t15-,16?,17?,18?,22?,23?/m0/s1. The van der Waals surface area contributed by atoms with Gasteiger partial charge < -0.3 is 19.9 Å². The Kier molecular flexibility index (Phi) is 6.26. The summed E-state index contributed by atoms with van der Waals surface area (Å²) in [4.78, 5) is 4.20. The average Bonchev–Trinajstić information content (AvgIpc) is 3.29. The molecule has 5 aliphatic rings. The molecule has 6 heteroatoms. The van der Waals surface area contributed by atoms with E-state index in [1.54, 1.807) is 10.5 Å². The van der Waals surface area contributed by atoms with E-state index in [1.807, 2.05) is 18.7 Å². The molecule has 2 aliphatic carbocycles. The summed E-state index contributed by atoms with van der Waals surface area (Å²) in [6.45, 7) is 6.81. The van der Waals surface area contributed by atoms with Crippen LogP contribution in [0.3, 0.4) is 0 Å². The van der Waals surface area contributed by atoms with Gasteiger partial charge in [-0.25, -0.2) is 0 Å². The maximum absolute atomic E-state index is 9.99. The predicted molar refractivity (Wildman–Crippen MR) is 117 cm³/mol. The molecule has 3 unspecified atom stereocenters. The van der Waals surface area contributed by atoms with Gasteiger partial charge in [-0.3, -0.25) is 4.90 Å². The highest BCUT2D eigenvalue weighted by atomic mass is 32.2. The lowest BCUT2D eigenvalue weighted by atomic mass is 9.84. The van der Waals surface area contributed by atoms with E-state index in [1.165, 1.54) is 44.3 Å². The maximum atomic E-state index is 9.99. The number of aliphatic hydroxyl groups excluding tert-OH is 1. The van der Waals surface area contributed by atoms with Crippen molar-refractivity contribution >= 4 is 11.8 Å². The molecule has 1 saturated heterocycles. The van der Waals surface area contributed by atoms with Crippen LogP contribution in [0.1, 0.15) is 51.9 Å². The van der Waals surface area contributed by atoms with Crippen molar-refractivity contribution in [3.05, 3.63) is 22.3 Å². The second-order valence-electron chi connectivity index (χ2n) is 9.43. The zero-order valence-corrected chi connectivity index (χ0v) is 18.5. The number of morpholine rings is 1. The molecule has 3 heterocycles. The van der Waals surface area contributed by atoms with E-state index < -0.39 is 0 Å². The third kappa shape index (κ3) is 4.29. The molecular weight excluding hydrogens is 384 g/mol. The van der Waals surface area contributed by atoms with Crippen LogP contribution in [0.5, 0.6) is 0 Å². The Balaban J connectivity index is 1.22. The van der Waals surface area contributed by atoms with Crippen LogP contribution in [0.15, 0.2) is 22.3 Å². The minimum Gasteiger partial charge on any atom is -0.494 e. The topological polar surface area (TPSA) is 54.0 Å². The quantitative estimate of drug-likeness (QED) is 0.712. The summed E-state index contributed by atoms with van der Waals surface area (Å²) < 4.78 is 12.2. The zero-order chi connectivity index (χ0) is 19.8. The Morgan fingerprint density at radius 3 is 2.79 bits per heavy atom. The van der Waals surface area contributed by atoms with Gasteiger partial charge in [0.2, 0.25) is 0 Å². The first-order valence-corrected chi connectivity index (χ1v) is 12.6. The lowest BCUT2D eigenvalue weighted by Gasteiger charge is -2.40. The summed E-state index contributed by atoms with van der Waals surface area (Å²) in [5.74, 6) is 2.13. The molecule has 0 radical (unpaired) electrons. The van der Waals surface area contributed by atoms with Crippen LogP contribution in [0.2, 0.25) is 0 Å². The summed E-state index contributed by atoms with van der Waals surface area (Å²) >= 11 is 2.03. The van der Waals surface area contributed by atoms with E-state index in [2.05, 4.69) is 16.3 Å². The highest BCUT2D eigenvalue weighted by Crippen LogP contribution is 2.56. The Hall–Kier alpha value is -0.530. The van der Waals surface area contributed by atoms with E-state index in [0.29, 0.717) is 23.3 Å². The van der Waals surface area contributed by atoms with Gasteiger partial charge in [0, 0.05) is 25.7 Å². The second kappa shape index (κ2) is 8.91. The van der Waals surface area contributed by atoms with Crippen molar-refractivity contribution in [1.29, 1.82) is 0 Å². The molecule has 5 rings (SSSR count). The molecule has 1 saturated carbocycles. The number of fused-ring (bicyclic) bond motifs is 2. The second-order valence-corrected chi connectivity index (χ2v) is 10.7. The van der Waals surface area contributed by atoms with Crippen molar-refractivity contribution in [3.8, 4) is 0 Å². The molecule has 0 bridgehead atoms. The first-order valence-electron chi connectivity index (χ1n) is 11.7. The number of allylic oxidation sites excluding steroid dienone is 1. The monoisotopic (exact) mass is 420 g/mol. The molecule has 0 spiro atoms. The van der Waals surface area contributed by atoms with Crippen molar-refractivity contribution in [2.45, 2.75) is 75.5 Å². The summed E-state index contributed by atoms with van der Waals surface area (Å²) in [6.07, 6.45) is 10.5. The van der Waals surface area contributed by atoms with Crippen LogP contribution < -0.4 is 5.32 Å². The van der Waals surface area contributed by atoms with Crippen molar-refractivity contribution in [2.24, 2.45) is 11.8 Å². The van der Waals surface area contributed by atoms with Crippen LogP contribution in [-0.4, -0.2) is 66.5 Å². The van der Waals surface area contributed by atoms with Gasteiger partial charge in [0.25, 0.3) is 0 Å². The molecule has 3 aliphatic heterocycles. The van der Waals surface area contributed by atoms with E-state index >= 15 is 0 Å². The molecule has 2 N–H and O–H groups in total. The Morgan fingerprint density at radius 1 is 1.24 bits per heavy atom. The fourth-order valence-corrected chi connectivity index (χ4v) is 7.65. The zero-order valence-electron chi connectivity index (χ0n) is 17.6. The number of thioether (sulfide) groups is 1. The minimum absolute atomic E-state index is 0.226. The average molecular weight is 421 g/mol. The third-order valence-electron chi connectivity index (χ3n) is 7.45. The van der Waals surface area contributed by atoms with Crippen molar-refractivity contribution in [1.82, 2.24) is 10.2 Å². The molecule has 5 nitrogen and oxygen atoms in total. The van der Waals surface area contributed by atoms with Gasteiger partial charge in [0.05, 0.1) is 36.7 Å². The van der Waals surface area contributed by atoms with Gasteiger partial charge in [-0.2, -0.15) is 0 Å². The van der Waals surface area contributed by atoms with Crippen molar-refractivity contribution in [3.63, 3.8) is 0 Å². The van der Waals surface area contributed by atoms with Crippen LogP contribution in [-0.2, 0) is 9.47 Å². The van der Waals surface area contributed by atoms with Crippen molar-refractivity contribution < 1.29 is 14.6 Å². The summed E-state index contributed by atoms with van der Waals surface area (Å²) in [6, 6.07) is 0.718. The van der Waals surface area contributed by atoms with Crippen LogP contribution in [0.4, 0.5) is 0 Å². The predicted octanol–water partition coefficient (Wildman–Crippen LogP) is 3.26. The first kappa shape index (κ1) is 20.4. The fraction of sp³-hybridized carbons (Fsp3) is 0.826. The van der Waals surface area contributed by atoms with E-state index in [0.717, 1.165) is 45.3 Å². The highest BCUT2D eigenvalue weighted by Gasteiger charge is 2.46. The summed E-state index contributed by atoms with van der Waals surface area (Å²) in [5, 5.41) is 14.1. The van der Waals surface area contributed by atoms with Gasteiger partial charge in [-0.1, -0.05) is 0 Å². The van der Waals surface area contributed by atoms with Gasteiger partial charge in [-0.15, -0.1) is 11.8 Å². The molecule has 4 atom stereocenters. The fourth-order valence-electron chi connectivity index (χ4n) is 6.08. The van der Waals surface area contributed by atoms with Gasteiger partial charge in [0.1, 0.15) is 5.76 Å². The van der Waals surface area contributed by atoms with Crippen LogP contribution in [0.25, 0.3) is 0 Å². The summed E-state index contributed by atoms with van der Waals surface area (Å²) in [7, 11) is 0. The molecule has 0 amide bonds. The smallest absolute Gasteiger partial charge is 0.103 e. The Morgan fingerprint density at radius 2 is 2.03 bits per heavy atom. The number of hydrogen-bond donors (Lipinski definition) is 2. The highest BCUT2D eigenvalue weighted by molar-refractivity contribution is 8.04. The molecule has 162 valence electrons. The number of rotatable bonds is 5. The largest absolute Gasteiger partial charge is 0.494 e. The van der Waals surface area contributed by atoms with E-state index in [4.69, 9.17) is 9.47 Å². The lowest BCUT2D eigenvalue weighted by molar-refractivity contribution is -0.0117. The SMILES string of the molecule is C[C@H](O)CC1CCC2=C1C1C(OC3CCC(N4CCOCC4)CC3)=CCNC1S2. The van der Waals surface area contributed by atoms with Crippen LogP contribution >= 0.6 is 11.8 Å². The Labute approximate surface area is 179 Å². The number of ether oxygens (including phenoxy) is 2. The molecular formula is C23H36N2O3S. The van der Waals surface area contributed by atoms with Gasteiger partial charge in [0.15, 0.2) is 0 Å². The molecule has 2 fully saturated rings. The van der Waals surface area contributed by atoms with Crippen molar-refractivity contribution in [2.75, 3.05) is 32.8 Å². The minimum atomic E-state index is -0.226. The van der Waals surface area contributed by atoms with E-state index in [-0.39, 0.29) is 6.10 Å². The maximum Gasteiger partial charge on any atom is 0.103 e. The lowest BCUT2D eigenvalue weighted by Crippen LogP contribution is -2.46. The third-order valence-corrected chi connectivity index (χ3v) is 8.87. The van der Waals surface area contributed by atoms with Gasteiger partial charge in [-0.05, 0) is 74.3 Å². The van der Waals surface area contributed by atoms with Crippen LogP contribution in [0, 0.1) is 11.8 Å². The molecule has 0 aromatic rings. The number of nitrogens with zero attached hydrogens (tertiary/aromatic N) is 1. The first-order chi connectivity index (χ1) is 14.2. The molecule has 29 heavy (non-hydrogen) atoms.